The van der Waals surface area contributed by atoms with Gasteiger partial charge in [0.1, 0.15) is 11.5 Å². The molecule has 1 aromatic heterocycles. The van der Waals surface area contributed by atoms with Crippen LogP contribution in [0.3, 0.4) is 0 Å². The van der Waals surface area contributed by atoms with Gasteiger partial charge < -0.3 is 19.5 Å². The standard InChI is InChI=1S/C28H26N2O5/c1-4-34-26-17-25(18-8-7-11-22(15-18)33-3)30-24-13-12-19(16-23(24)26)27(31)29-21-10-6-9-20(14-21)28(32)35-5-2/h6-17H,4-5H2,1-3H3,(H,29,31). The van der Waals surface area contributed by atoms with Crippen LogP contribution in [0.4, 0.5) is 5.69 Å². The van der Waals surface area contributed by atoms with E-state index in [-0.39, 0.29) is 12.5 Å². The van der Waals surface area contributed by atoms with E-state index in [1.807, 2.05) is 37.3 Å². The second kappa shape index (κ2) is 10.7. The first-order valence-corrected chi connectivity index (χ1v) is 11.3. The summed E-state index contributed by atoms with van der Waals surface area (Å²) in [6.45, 7) is 4.40. The number of methoxy groups -OCH3 is 1. The molecule has 0 aliphatic heterocycles. The average molecular weight is 471 g/mol. The third-order valence-electron chi connectivity index (χ3n) is 5.33. The van der Waals surface area contributed by atoms with E-state index in [0.717, 1.165) is 22.4 Å². The van der Waals surface area contributed by atoms with Gasteiger partial charge in [-0.3, -0.25) is 4.79 Å². The van der Waals surface area contributed by atoms with Crippen molar-refractivity contribution in [1.82, 2.24) is 4.98 Å². The molecule has 0 fully saturated rings. The Bertz CT molecular complexity index is 1380. The number of amides is 1. The summed E-state index contributed by atoms with van der Waals surface area (Å²) in [5, 5.41) is 3.57. The molecular weight excluding hydrogens is 444 g/mol. The molecule has 4 rings (SSSR count). The van der Waals surface area contributed by atoms with Crippen molar-refractivity contribution in [2.75, 3.05) is 25.6 Å². The van der Waals surface area contributed by atoms with E-state index in [1.54, 1.807) is 56.5 Å². The number of nitrogens with zero attached hydrogens (tertiary/aromatic N) is 1. The predicted octanol–water partition coefficient (Wildman–Crippen LogP) is 5.74. The second-order valence-corrected chi connectivity index (χ2v) is 7.66. The highest BCUT2D eigenvalue weighted by atomic mass is 16.5. The number of fused-ring (bicyclic) bond motifs is 1. The quantitative estimate of drug-likeness (QED) is 0.331. The molecule has 0 aliphatic rings. The van der Waals surface area contributed by atoms with Crippen molar-refractivity contribution >= 4 is 28.5 Å². The van der Waals surface area contributed by atoms with Crippen LogP contribution in [0.25, 0.3) is 22.2 Å². The molecule has 1 amide bonds. The lowest BCUT2D eigenvalue weighted by atomic mass is 10.1. The van der Waals surface area contributed by atoms with E-state index in [1.165, 1.54) is 0 Å². The van der Waals surface area contributed by atoms with Crippen LogP contribution in [0.15, 0.2) is 72.8 Å². The second-order valence-electron chi connectivity index (χ2n) is 7.66. The molecule has 0 radical (unpaired) electrons. The number of carbonyl (C=O) groups is 2. The number of hydrogen-bond donors (Lipinski definition) is 1. The fourth-order valence-corrected chi connectivity index (χ4v) is 3.68. The van der Waals surface area contributed by atoms with Gasteiger partial charge in [-0.1, -0.05) is 18.2 Å². The topological polar surface area (TPSA) is 86.8 Å². The van der Waals surface area contributed by atoms with Gasteiger partial charge in [0.05, 0.1) is 37.1 Å². The van der Waals surface area contributed by atoms with Gasteiger partial charge in [-0.15, -0.1) is 0 Å². The Hall–Kier alpha value is -4.39. The van der Waals surface area contributed by atoms with E-state index in [9.17, 15) is 9.59 Å². The minimum Gasteiger partial charge on any atom is -0.497 e. The normalized spacial score (nSPS) is 10.6. The van der Waals surface area contributed by atoms with Gasteiger partial charge in [0.2, 0.25) is 0 Å². The maximum atomic E-state index is 13.0. The molecule has 178 valence electrons. The smallest absolute Gasteiger partial charge is 0.338 e. The molecule has 0 spiro atoms. The predicted molar refractivity (Wildman–Crippen MR) is 135 cm³/mol. The van der Waals surface area contributed by atoms with Crippen molar-refractivity contribution in [2.45, 2.75) is 13.8 Å². The number of pyridine rings is 1. The first-order valence-electron chi connectivity index (χ1n) is 11.3. The summed E-state index contributed by atoms with van der Waals surface area (Å²) < 4.78 is 16.3. The van der Waals surface area contributed by atoms with Gasteiger partial charge in [-0.05, 0) is 62.4 Å². The molecule has 0 saturated heterocycles. The maximum absolute atomic E-state index is 13.0. The highest BCUT2D eigenvalue weighted by Crippen LogP contribution is 2.32. The van der Waals surface area contributed by atoms with Crippen molar-refractivity contribution in [3.63, 3.8) is 0 Å². The Kier molecular flexibility index (Phi) is 7.26. The van der Waals surface area contributed by atoms with Crippen LogP contribution >= 0.6 is 0 Å². The van der Waals surface area contributed by atoms with Crippen molar-refractivity contribution in [1.29, 1.82) is 0 Å². The fourth-order valence-electron chi connectivity index (χ4n) is 3.68. The first-order chi connectivity index (χ1) is 17.0. The number of carbonyl (C=O) groups excluding carboxylic acids is 2. The minimum atomic E-state index is -0.437. The number of nitrogens with one attached hydrogen (secondary N) is 1. The monoisotopic (exact) mass is 470 g/mol. The number of hydrogen-bond acceptors (Lipinski definition) is 6. The van der Waals surface area contributed by atoms with Crippen LogP contribution in [0, 0.1) is 0 Å². The zero-order valence-electron chi connectivity index (χ0n) is 19.8. The number of anilines is 1. The van der Waals surface area contributed by atoms with Crippen LogP contribution < -0.4 is 14.8 Å². The van der Waals surface area contributed by atoms with Crippen LogP contribution in [0.1, 0.15) is 34.6 Å². The maximum Gasteiger partial charge on any atom is 0.338 e. The number of aromatic nitrogens is 1. The summed E-state index contributed by atoms with van der Waals surface area (Å²) in [5.74, 6) is 0.622. The average Bonchev–Trinajstić information content (AvgIpc) is 2.88. The molecule has 3 aromatic carbocycles. The number of esters is 1. The summed E-state index contributed by atoms with van der Waals surface area (Å²) in [6, 6.07) is 21.4. The summed E-state index contributed by atoms with van der Waals surface area (Å²) in [6.07, 6.45) is 0. The molecule has 1 heterocycles. The van der Waals surface area contributed by atoms with Crippen molar-refractivity contribution in [2.24, 2.45) is 0 Å². The van der Waals surface area contributed by atoms with E-state index in [2.05, 4.69) is 5.32 Å². The largest absolute Gasteiger partial charge is 0.497 e. The van der Waals surface area contributed by atoms with Gasteiger partial charge in [-0.25, -0.2) is 9.78 Å². The Morgan fingerprint density at radius 3 is 2.49 bits per heavy atom. The Balaban J connectivity index is 1.66. The van der Waals surface area contributed by atoms with E-state index in [0.29, 0.717) is 34.7 Å². The third-order valence-corrected chi connectivity index (χ3v) is 5.33. The molecule has 35 heavy (non-hydrogen) atoms. The van der Waals surface area contributed by atoms with E-state index in [4.69, 9.17) is 19.2 Å². The Morgan fingerprint density at radius 1 is 0.886 bits per heavy atom. The molecule has 0 unspecified atom stereocenters. The molecule has 0 bridgehead atoms. The third kappa shape index (κ3) is 5.41. The lowest BCUT2D eigenvalue weighted by Crippen LogP contribution is -2.13. The van der Waals surface area contributed by atoms with Crippen LogP contribution in [-0.2, 0) is 4.74 Å². The Labute approximate surface area is 203 Å². The lowest BCUT2D eigenvalue weighted by molar-refractivity contribution is 0.0526. The zero-order valence-corrected chi connectivity index (χ0v) is 19.8. The van der Waals surface area contributed by atoms with Gasteiger partial charge in [0.25, 0.3) is 5.91 Å². The van der Waals surface area contributed by atoms with Crippen LogP contribution in [0.5, 0.6) is 11.5 Å². The van der Waals surface area contributed by atoms with Gasteiger partial charge in [0.15, 0.2) is 0 Å². The van der Waals surface area contributed by atoms with Crippen LogP contribution in [0.2, 0.25) is 0 Å². The molecule has 7 nitrogen and oxygen atoms in total. The van der Waals surface area contributed by atoms with Crippen molar-refractivity contribution in [3.8, 4) is 22.8 Å². The molecular formula is C28H26N2O5. The van der Waals surface area contributed by atoms with Gasteiger partial charge in [-0.2, -0.15) is 0 Å². The van der Waals surface area contributed by atoms with Crippen molar-refractivity contribution in [3.05, 3.63) is 83.9 Å². The summed E-state index contributed by atoms with van der Waals surface area (Å²) in [4.78, 5) is 29.8. The van der Waals surface area contributed by atoms with Gasteiger partial charge >= 0.3 is 5.97 Å². The summed E-state index contributed by atoms with van der Waals surface area (Å²) in [5.41, 5.74) is 3.65. The number of ether oxygens (including phenoxy) is 3. The molecule has 4 aromatic rings. The van der Waals surface area contributed by atoms with Crippen molar-refractivity contribution < 1.29 is 23.8 Å². The zero-order chi connectivity index (χ0) is 24.8. The minimum absolute atomic E-state index is 0.280. The Morgan fingerprint density at radius 2 is 1.71 bits per heavy atom. The molecule has 1 N–H and O–H groups in total. The van der Waals surface area contributed by atoms with E-state index >= 15 is 0 Å². The van der Waals surface area contributed by atoms with Gasteiger partial charge in [0, 0.05) is 28.3 Å². The SMILES string of the molecule is CCOC(=O)c1cccc(NC(=O)c2ccc3nc(-c4cccc(OC)c4)cc(OCC)c3c2)c1. The molecule has 7 heteroatoms. The summed E-state index contributed by atoms with van der Waals surface area (Å²) >= 11 is 0. The first kappa shape index (κ1) is 23.8. The van der Waals surface area contributed by atoms with E-state index < -0.39 is 5.97 Å². The molecule has 0 saturated carbocycles. The fraction of sp³-hybridized carbons (Fsp3) is 0.179. The van der Waals surface area contributed by atoms with Crippen LogP contribution in [-0.4, -0.2) is 37.2 Å². The lowest BCUT2D eigenvalue weighted by Gasteiger charge is -2.13. The molecule has 0 aliphatic carbocycles. The number of rotatable bonds is 8. The molecule has 0 atom stereocenters. The highest BCUT2D eigenvalue weighted by Gasteiger charge is 2.14. The summed E-state index contributed by atoms with van der Waals surface area (Å²) in [7, 11) is 1.62. The number of benzene rings is 3. The highest BCUT2D eigenvalue weighted by molar-refractivity contribution is 6.07.